The third-order valence-corrected chi connectivity index (χ3v) is 3.34. The average molecular weight is 271 g/mol. The van der Waals surface area contributed by atoms with Crippen molar-refractivity contribution in [1.29, 1.82) is 0 Å². The first-order valence-corrected chi connectivity index (χ1v) is 6.34. The van der Waals surface area contributed by atoms with Crippen LogP contribution in [0.2, 0.25) is 0 Å². The first-order valence-electron chi connectivity index (χ1n) is 6.34. The lowest BCUT2D eigenvalue weighted by Crippen LogP contribution is -2.35. The van der Waals surface area contributed by atoms with E-state index in [1.165, 1.54) is 0 Å². The Morgan fingerprint density at radius 2 is 1.84 bits per heavy atom. The number of allylic oxidation sites excluding steroid dienone is 1. The van der Waals surface area contributed by atoms with Crippen LogP contribution >= 0.6 is 0 Å². The van der Waals surface area contributed by atoms with Gasteiger partial charge in [-0.1, -0.05) is 19.4 Å². The molecule has 0 spiro atoms. The van der Waals surface area contributed by atoms with E-state index in [1.807, 2.05) is 13.0 Å². The van der Waals surface area contributed by atoms with Crippen molar-refractivity contribution in [3.8, 4) is 0 Å². The van der Waals surface area contributed by atoms with E-state index in [1.54, 1.807) is 6.92 Å². The molecule has 0 aliphatic heterocycles. The number of hydrogen-bond donors (Lipinski definition) is 1. The molecular weight excluding hydrogens is 251 g/mol. The fourth-order valence-electron chi connectivity index (χ4n) is 2.12. The van der Waals surface area contributed by atoms with Crippen molar-refractivity contribution in [2.24, 2.45) is 11.7 Å². The topological polar surface area (TPSA) is 26.0 Å². The van der Waals surface area contributed by atoms with Crippen LogP contribution in [-0.4, -0.2) is 0 Å². The third-order valence-electron chi connectivity index (χ3n) is 3.34. The summed E-state index contributed by atoms with van der Waals surface area (Å²) in [6, 6.07) is 1.33. The van der Waals surface area contributed by atoms with E-state index in [9.17, 15) is 13.2 Å². The van der Waals surface area contributed by atoms with Gasteiger partial charge in [0, 0.05) is 23.2 Å². The van der Waals surface area contributed by atoms with E-state index in [0.717, 1.165) is 12.8 Å². The molecule has 0 bridgehead atoms. The third kappa shape index (κ3) is 4.10. The summed E-state index contributed by atoms with van der Waals surface area (Å²) in [5, 5.41) is 0. The van der Waals surface area contributed by atoms with E-state index in [0.29, 0.717) is 24.5 Å². The Kier molecular flexibility index (Phi) is 5.18. The highest BCUT2D eigenvalue weighted by Crippen LogP contribution is 2.30. The highest BCUT2D eigenvalue weighted by atomic mass is 19.1. The largest absolute Gasteiger partial charge is 0.321 e. The van der Waals surface area contributed by atoms with Gasteiger partial charge in [0.15, 0.2) is 0 Å². The molecule has 0 heterocycles. The van der Waals surface area contributed by atoms with E-state index >= 15 is 0 Å². The molecule has 1 nitrogen and oxygen atoms in total. The monoisotopic (exact) mass is 271 g/mol. The lowest BCUT2D eigenvalue weighted by atomic mass is 9.86. The summed E-state index contributed by atoms with van der Waals surface area (Å²) in [6.45, 7) is 7.25. The Balaban J connectivity index is 2.85. The molecule has 0 radical (unpaired) electrons. The minimum atomic E-state index is -1.15. The van der Waals surface area contributed by atoms with Gasteiger partial charge in [-0.3, -0.25) is 0 Å². The van der Waals surface area contributed by atoms with Gasteiger partial charge in [0.25, 0.3) is 0 Å². The van der Waals surface area contributed by atoms with Crippen LogP contribution in [0.25, 0.3) is 0 Å². The molecule has 106 valence electrons. The van der Waals surface area contributed by atoms with Gasteiger partial charge < -0.3 is 5.73 Å². The minimum Gasteiger partial charge on any atom is -0.321 e. The maximum absolute atomic E-state index is 13.7. The lowest BCUT2D eigenvalue weighted by Gasteiger charge is -2.26. The second-order valence-electron chi connectivity index (χ2n) is 5.27. The molecule has 1 rings (SSSR count). The highest BCUT2D eigenvalue weighted by Gasteiger charge is 2.28. The number of rotatable bonds is 6. The van der Waals surface area contributed by atoms with Crippen LogP contribution in [0.5, 0.6) is 0 Å². The van der Waals surface area contributed by atoms with Gasteiger partial charge in [-0.25, -0.2) is 13.2 Å². The number of hydrogen-bond acceptors (Lipinski definition) is 1. The van der Waals surface area contributed by atoms with Crippen LogP contribution < -0.4 is 5.73 Å². The summed E-state index contributed by atoms with van der Waals surface area (Å²) in [7, 11) is 0. The molecule has 1 aromatic carbocycles. The lowest BCUT2D eigenvalue weighted by molar-refractivity contribution is 0.375. The molecule has 2 atom stereocenters. The molecule has 0 aromatic heterocycles. The van der Waals surface area contributed by atoms with Gasteiger partial charge in [-0.05, 0) is 25.7 Å². The van der Waals surface area contributed by atoms with Crippen LogP contribution in [0.3, 0.4) is 0 Å². The summed E-state index contributed by atoms with van der Waals surface area (Å²) < 4.78 is 40.2. The molecule has 1 aromatic rings. The first kappa shape index (κ1) is 15.8. The van der Waals surface area contributed by atoms with Gasteiger partial charge in [0.05, 0.1) is 0 Å². The van der Waals surface area contributed by atoms with Gasteiger partial charge in [-0.15, -0.1) is 6.58 Å². The Bertz CT molecular complexity index is 432. The number of halogens is 3. The number of benzene rings is 1. The first-order chi connectivity index (χ1) is 8.77. The molecule has 0 amide bonds. The standard InChI is InChI=1S/C15H20F3N/c1-4-10(2)6-5-7-15(3,19)14-12(17)8-11(16)9-13(14)18/h4,8-10H,1,5-7,19H2,2-3H3. The molecule has 2 unspecified atom stereocenters. The van der Waals surface area contributed by atoms with Crippen molar-refractivity contribution < 1.29 is 13.2 Å². The van der Waals surface area contributed by atoms with Gasteiger partial charge in [0.2, 0.25) is 0 Å². The van der Waals surface area contributed by atoms with Crippen LogP contribution in [0.1, 0.15) is 38.7 Å². The maximum Gasteiger partial charge on any atom is 0.134 e. The SMILES string of the molecule is C=CC(C)CCCC(C)(N)c1c(F)cc(F)cc1F. The molecule has 0 saturated heterocycles. The molecule has 2 N–H and O–H groups in total. The van der Waals surface area contributed by atoms with Crippen molar-refractivity contribution >= 4 is 0 Å². The second kappa shape index (κ2) is 6.24. The van der Waals surface area contributed by atoms with E-state index in [-0.39, 0.29) is 5.56 Å². The zero-order chi connectivity index (χ0) is 14.6. The predicted octanol–water partition coefficient (Wildman–Crippen LogP) is 4.27. The molecule has 4 heteroatoms. The fraction of sp³-hybridized carbons (Fsp3) is 0.467. The Hall–Kier alpha value is -1.29. The Morgan fingerprint density at radius 1 is 1.32 bits per heavy atom. The second-order valence-corrected chi connectivity index (χ2v) is 5.27. The normalized spacial score (nSPS) is 15.9. The van der Waals surface area contributed by atoms with Crippen molar-refractivity contribution in [3.63, 3.8) is 0 Å². The van der Waals surface area contributed by atoms with Gasteiger partial charge >= 0.3 is 0 Å². The van der Waals surface area contributed by atoms with Crippen LogP contribution in [0.15, 0.2) is 24.8 Å². The highest BCUT2D eigenvalue weighted by molar-refractivity contribution is 5.27. The van der Waals surface area contributed by atoms with Crippen molar-refractivity contribution in [2.45, 2.75) is 38.6 Å². The van der Waals surface area contributed by atoms with E-state index in [4.69, 9.17) is 5.73 Å². The summed E-state index contributed by atoms with van der Waals surface area (Å²) in [4.78, 5) is 0. The summed E-state index contributed by atoms with van der Waals surface area (Å²) in [6.07, 6.45) is 3.81. The van der Waals surface area contributed by atoms with Crippen molar-refractivity contribution in [1.82, 2.24) is 0 Å². The number of nitrogens with two attached hydrogens (primary N) is 1. The molecule has 0 saturated carbocycles. The molecule has 19 heavy (non-hydrogen) atoms. The van der Waals surface area contributed by atoms with E-state index < -0.39 is 23.0 Å². The molecule has 0 aliphatic carbocycles. The van der Waals surface area contributed by atoms with Crippen molar-refractivity contribution in [2.75, 3.05) is 0 Å². The molecular formula is C15H20F3N. The predicted molar refractivity (Wildman–Crippen MR) is 71.1 cm³/mol. The minimum absolute atomic E-state index is 0.250. The van der Waals surface area contributed by atoms with Gasteiger partial charge in [-0.2, -0.15) is 0 Å². The summed E-state index contributed by atoms with van der Waals surface area (Å²) >= 11 is 0. The maximum atomic E-state index is 13.7. The van der Waals surface area contributed by atoms with E-state index in [2.05, 4.69) is 6.58 Å². The molecule has 0 fully saturated rings. The van der Waals surface area contributed by atoms with Crippen LogP contribution in [0, 0.1) is 23.4 Å². The van der Waals surface area contributed by atoms with Crippen LogP contribution in [-0.2, 0) is 5.54 Å². The summed E-state index contributed by atoms with van der Waals surface area (Å²) in [5.74, 6) is -2.47. The zero-order valence-corrected chi connectivity index (χ0v) is 11.3. The summed E-state index contributed by atoms with van der Waals surface area (Å²) in [5.41, 5.74) is 4.59. The Morgan fingerprint density at radius 3 is 2.32 bits per heavy atom. The zero-order valence-electron chi connectivity index (χ0n) is 11.3. The smallest absolute Gasteiger partial charge is 0.134 e. The molecule has 0 aliphatic rings. The van der Waals surface area contributed by atoms with Crippen LogP contribution in [0.4, 0.5) is 13.2 Å². The van der Waals surface area contributed by atoms with Gasteiger partial charge in [0.1, 0.15) is 17.5 Å². The average Bonchev–Trinajstić information content (AvgIpc) is 2.26. The Labute approximate surface area is 112 Å². The quantitative estimate of drug-likeness (QED) is 0.768. The fourth-order valence-corrected chi connectivity index (χ4v) is 2.12. The van der Waals surface area contributed by atoms with Crippen molar-refractivity contribution in [3.05, 3.63) is 47.8 Å².